The van der Waals surface area contributed by atoms with Gasteiger partial charge in [-0.25, -0.2) is 0 Å². The lowest BCUT2D eigenvalue weighted by atomic mass is 9.98. The molecule has 4 rings (SSSR count). The third-order valence-corrected chi connectivity index (χ3v) is 10.2. The van der Waals surface area contributed by atoms with Crippen molar-refractivity contribution in [1.82, 2.24) is 0 Å². The van der Waals surface area contributed by atoms with Gasteiger partial charge in [0.15, 0.2) is 0 Å². The van der Waals surface area contributed by atoms with Gasteiger partial charge in [0.2, 0.25) is 0 Å². The van der Waals surface area contributed by atoms with Crippen molar-refractivity contribution in [3.63, 3.8) is 0 Å². The summed E-state index contributed by atoms with van der Waals surface area (Å²) < 4.78 is 0. The highest BCUT2D eigenvalue weighted by molar-refractivity contribution is 7.01. The lowest BCUT2D eigenvalue weighted by Crippen LogP contribution is -2.56. The molecule has 2 aliphatic carbocycles. The predicted octanol–water partition coefficient (Wildman–Crippen LogP) is 5.55. The minimum atomic E-state index is -1.78. The van der Waals surface area contributed by atoms with Crippen LogP contribution < -0.4 is 10.4 Å². The Balaban J connectivity index is 1.91. The van der Waals surface area contributed by atoms with E-state index >= 15 is 0 Å². The zero-order valence-electron chi connectivity index (χ0n) is 16.3. The zero-order chi connectivity index (χ0) is 17.9. The summed E-state index contributed by atoms with van der Waals surface area (Å²) in [6.07, 6.45) is 4.77. The second-order valence-electron chi connectivity index (χ2n) is 8.46. The second-order valence-corrected chi connectivity index (χ2v) is 12.8. The molecule has 0 fully saturated rings. The van der Waals surface area contributed by atoms with Crippen LogP contribution in [0.3, 0.4) is 0 Å². The highest BCUT2D eigenvalue weighted by atomic mass is 28.3. The second kappa shape index (κ2) is 5.57. The van der Waals surface area contributed by atoms with Gasteiger partial charge in [0, 0.05) is 11.8 Å². The van der Waals surface area contributed by atoms with E-state index in [1.807, 2.05) is 0 Å². The Morgan fingerprint density at radius 1 is 0.680 bits per heavy atom. The quantitative estimate of drug-likeness (QED) is 0.627. The van der Waals surface area contributed by atoms with Crippen molar-refractivity contribution in [1.29, 1.82) is 0 Å². The van der Waals surface area contributed by atoms with Gasteiger partial charge in [-0.15, -0.1) is 0 Å². The van der Waals surface area contributed by atoms with Crippen LogP contribution in [0.1, 0.15) is 61.8 Å². The molecule has 0 heterocycles. The molecule has 2 atom stereocenters. The van der Waals surface area contributed by atoms with Crippen LogP contribution in [0.4, 0.5) is 0 Å². The predicted molar refractivity (Wildman–Crippen MR) is 114 cm³/mol. The van der Waals surface area contributed by atoms with Crippen LogP contribution in [-0.4, -0.2) is 8.07 Å². The van der Waals surface area contributed by atoms with Crippen molar-refractivity contribution in [3.8, 4) is 0 Å². The molecule has 2 unspecified atom stereocenters. The lowest BCUT2D eigenvalue weighted by Gasteiger charge is -2.31. The van der Waals surface area contributed by atoms with Gasteiger partial charge in [-0.05, 0) is 36.1 Å². The van der Waals surface area contributed by atoms with Gasteiger partial charge < -0.3 is 0 Å². The van der Waals surface area contributed by atoms with E-state index in [0.29, 0.717) is 11.8 Å². The van der Waals surface area contributed by atoms with E-state index in [1.54, 1.807) is 21.5 Å². The molecular weight excluding hydrogens is 316 g/mol. The van der Waals surface area contributed by atoms with Crippen molar-refractivity contribution in [3.05, 3.63) is 69.8 Å². The van der Waals surface area contributed by atoms with Crippen molar-refractivity contribution in [2.45, 2.75) is 52.6 Å². The number of allylic oxidation sites excluding steroid dienone is 2. The highest BCUT2D eigenvalue weighted by Crippen LogP contribution is 2.38. The first-order valence-corrected chi connectivity index (χ1v) is 12.5. The number of hydrogen-bond acceptors (Lipinski definition) is 0. The fourth-order valence-corrected chi connectivity index (χ4v) is 8.20. The Labute approximate surface area is 153 Å². The molecule has 0 bridgehead atoms. The fourth-order valence-electron chi connectivity index (χ4n) is 4.82. The van der Waals surface area contributed by atoms with E-state index in [1.165, 1.54) is 22.3 Å². The third kappa shape index (κ3) is 2.32. The number of benzene rings is 2. The number of fused-ring (bicyclic) bond motifs is 2. The maximum Gasteiger partial charge on any atom is 0.113 e. The minimum absolute atomic E-state index is 0.548. The average Bonchev–Trinajstić information content (AvgIpc) is 3.04. The lowest BCUT2D eigenvalue weighted by molar-refractivity contribution is 0.924. The number of hydrogen-bond donors (Lipinski definition) is 0. The molecular formula is C24H28Si. The molecule has 0 N–H and O–H groups in total. The summed E-state index contributed by atoms with van der Waals surface area (Å²) in [5.41, 5.74) is 9.05. The van der Waals surface area contributed by atoms with Crippen LogP contribution in [0.5, 0.6) is 0 Å². The smallest absolute Gasteiger partial charge is 0.0655 e. The monoisotopic (exact) mass is 344 g/mol. The summed E-state index contributed by atoms with van der Waals surface area (Å²) in [7, 11) is -1.78. The van der Waals surface area contributed by atoms with Gasteiger partial charge in [0.05, 0.1) is 0 Å². The van der Waals surface area contributed by atoms with Gasteiger partial charge >= 0.3 is 0 Å². The molecule has 0 aromatic heterocycles. The van der Waals surface area contributed by atoms with E-state index < -0.39 is 8.07 Å². The van der Waals surface area contributed by atoms with E-state index in [9.17, 15) is 0 Å². The minimum Gasteiger partial charge on any atom is -0.0655 e. The first kappa shape index (κ1) is 16.6. The topological polar surface area (TPSA) is 0 Å². The first-order valence-electron chi connectivity index (χ1n) is 9.45. The maximum absolute atomic E-state index is 2.54. The standard InChI is InChI=1S/C24H28Si/c1-15-13-19-9-7-11-21(23(19)17(15)3)25(5,6)22-12-8-10-20-14-16(2)18(4)24(20)22/h7-14,17-18H,1-6H3. The normalized spacial score (nSPS) is 21.7. The highest BCUT2D eigenvalue weighted by Gasteiger charge is 2.36. The molecule has 0 saturated carbocycles. The molecule has 2 aliphatic rings. The fraction of sp³-hybridized carbons (Fsp3) is 0.333. The molecule has 0 saturated heterocycles. The van der Waals surface area contributed by atoms with Crippen LogP contribution >= 0.6 is 0 Å². The van der Waals surface area contributed by atoms with E-state index in [0.717, 1.165) is 0 Å². The van der Waals surface area contributed by atoms with Gasteiger partial charge in [0.25, 0.3) is 0 Å². The molecule has 0 nitrogen and oxygen atoms in total. The van der Waals surface area contributed by atoms with Crippen LogP contribution in [0.2, 0.25) is 13.1 Å². The maximum atomic E-state index is 2.54. The zero-order valence-corrected chi connectivity index (χ0v) is 17.3. The Bertz CT molecular complexity index is 852. The largest absolute Gasteiger partial charge is 0.113 e. The summed E-state index contributed by atoms with van der Waals surface area (Å²) >= 11 is 0. The molecule has 2 aromatic rings. The van der Waals surface area contributed by atoms with Crippen molar-refractivity contribution >= 4 is 30.6 Å². The van der Waals surface area contributed by atoms with Crippen LogP contribution in [-0.2, 0) is 0 Å². The summed E-state index contributed by atoms with van der Waals surface area (Å²) in [6, 6.07) is 13.9. The van der Waals surface area contributed by atoms with Crippen LogP contribution in [0.25, 0.3) is 12.2 Å². The summed E-state index contributed by atoms with van der Waals surface area (Å²) in [6.45, 7) is 14.4. The SMILES string of the molecule is CC1=Cc2cccc([Si](C)(C)c3cccc4c3C(C)C(C)=C4)c2C1C. The van der Waals surface area contributed by atoms with Gasteiger partial charge in [0.1, 0.15) is 8.07 Å². The Kier molecular flexibility index (Phi) is 3.70. The first-order chi connectivity index (χ1) is 11.8. The molecule has 0 aliphatic heterocycles. The van der Waals surface area contributed by atoms with E-state index in [2.05, 4.69) is 89.3 Å². The van der Waals surface area contributed by atoms with E-state index in [4.69, 9.17) is 0 Å². The Morgan fingerprint density at radius 3 is 1.48 bits per heavy atom. The van der Waals surface area contributed by atoms with E-state index in [-0.39, 0.29) is 0 Å². The van der Waals surface area contributed by atoms with Gasteiger partial charge in [-0.1, -0.05) is 97.0 Å². The molecule has 0 spiro atoms. The van der Waals surface area contributed by atoms with Gasteiger partial charge in [-0.3, -0.25) is 0 Å². The van der Waals surface area contributed by atoms with Crippen molar-refractivity contribution in [2.24, 2.45) is 0 Å². The summed E-state index contributed by atoms with van der Waals surface area (Å²) in [5.74, 6) is 1.10. The average molecular weight is 345 g/mol. The van der Waals surface area contributed by atoms with Crippen molar-refractivity contribution < 1.29 is 0 Å². The molecule has 2 aromatic carbocycles. The van der Waals surface area contributed by atoms with Crippen LogP contribution in [0, 0.1) is 0 Å². The molecule has 128 valence electrons. The van der Waals surface area contributed by atoms with Crippen LogP contribution in [0.15, 0.2) is 47.5 Å². The summed E-state index contributed by atoms with van der Waals surface area (Å²) in [4.78, 5) is 0. The summed E-state index contributed by atoms with van der Waals surface area (Å²) in [5, 5.41) is 3.24. The molecule has 1 heteroatoms. The Hall–Kier alpha value is -1.86. The third-order valence-electron chi connectivity index (χ3n) is 6.62. The number of rotatable bonds is 2. The molecule has 0 amide bonds. The van der Waals surface area contributed by atoms with Gasteiger partial charge in [-0.2, -0.15) is 0 Å². The molecule has 0 radical (unpaired) electrons. The Morgan fingerprint density at radius 2 is 1.08 bits per heavy atom. The van der Waals surface area contributed by atoms with Crippen molar-refractivity contribution in [2.75, 3.05) is 0 Å². The molecule has 25 heavy (non-hydrogen) atoms.